The van der Waals surface area contributed by atoms with E-state index >= 15 is 0 Å². The van der Waals surface area contributed by atoms with Gasteiger partial charge in [0.25, 0.3) is 0 Å². The molecule has 1 heterocycles. The fourth-order valence-electron chi connectivity index (χ4n) is 2.74. The topological polar surface area (TPSA) is 59.8 Å². The van der Waals surface area contributed by atoms with Gasteiger partial charge in [-0.05, 0) is 44.5 Å². The van der Waals surface area contributed by atoms with Gasteiger partial charge in [-0.15, -0.1) is 10.2 Å². The standard InChI is InChI=1S/C20H21ClN4OS/c1-13-8-10-16(11-9-13)25-15(3)23-24-20(25)27-12-19(26)22-14(2)17-6-4-5-7-18(17)21/h4-11,14H,12H2,1-3H3,(H,22,26)/t14-/m0/s1. The first-order valence-corrected chi connectivity index (χ1v) is 9.97. The summed E-state index contributed by atoms with van der Waals surface area (Å²) in [5.74, 6) is 0.952. The number of aryl methyl sites for hydroxylation is 2. The quantitative estimate of drug-likeness (QED) is 0.618. The zero-order valence-electron chi connectivity index (χ0n) is 15.4. The number of thioether (sulfide) groups is 1. The van der Waals surface area contributed by atoms with E-state index < -0.39 is 0 Å². The molecule has 27 heavy (non-hydrogen) atoms. The van der Waals surface area contributed by atoms with E-state index in [4.69, 9.17) is 11.6 Å². The molecule has 0 spiro atoms. The Morgan fingerprint density at radius 2 is 1.85 bits per heavy atom. The zero-order chi connectivity index (χ0) is 19.4. The molecule has 0 saturated carbocycles. The summed E-state index contributed by atoms with van der Waals surface area (Å²) in [6.07, 6.45) is 0. The van der Waals surface area contributed by atoms with Crippen LogP contribution in [0, 0.1) is 13.8 Å². The Hall–Kier alpha value is -2.31. The third-order valence-corrected chi connectivity index (χ3v) is 5.44. The monoisotopic (exact) mass is 400 g/mol. The maximum absolute atomic E-state index is 12.4. The molecule has 3 aromatic rings. The Balaban J connectivity index is 1.66. The van der Waals surface area contributed by atoms with Crippen molar-refractivity contribution in [3.63, 3.8) is 0 Å². The Labute approximate surface area is 168 Å². The van der Waals surface area contributed by atoms with Crippen LogP contribution < -0.4 is 5.32 Å². The molecule has 1 amide bonds. The zero-order valence-corrected chi connectivity index (χ0v) is 17.0. The van der Waals surface area contributed by atoms with Crippen LogP contribution in [0.15, 0.2) is 53.7 Å². The van der Waals surface area contributed by atoms with Crippen molar-refractivity contribution in [2.45, 2.75) is 32.0 Å². The van der Waals surface area contributed by atoms with Gasteiger partial charge in [-0.25, -0.2) is 0 Å². The van der Waals surface area contributed by atoms with Crippen molar-refractivity contribution in [3.05, 3.63) is 70.5 Å². The minimum Gasteiger partial charge on any atom is -0.349 e. The molecule has 0 unspecified atom stereocenters. The fraction of sp³-hybridized carbons (Fsp3) is 0.250. The average Bonchev–Trinajstić information content (AvgIpc) is 3.01. The second-order valence-corrected chi connectivity index (χ2v) is 7.65. The number of carbonyl (C=O) groups is 1. The van der Waals surface area contributed by atoms with Gasteiger partial charge < -0.3 is 5.32 Å². The van der Waals surface area contributed by atoms with E-state index in [1.807, 2.05) is 73.9 Å². The third-order valence-electron chi connectivity index (χ3n) is 4.17. The molecule has 2 aromatic carbocycles. The first-order chi connectivity index (χ1) is 13.0. The summed E-state index contributed by atoms with van der Waals surface area (Å²) >= 11 is 7.56. The number of nitrogens with one attached hydrogen (secondary N) is 1. The van der Waals surface area contributed by atoms with Crippen molar-refractivity contribution in [1.29, 1.82) is 0 Å². The average molecular weight is 401 g/mol. The minimum atomic E-state index is -0.163. The molecular weight excluding hydrogens is 380 g/mol. The molecule has 140 valence electrons. The number of rotatable bonds is 6. The molecule has 1 N–H and O–H groups in total. The molecule has 1 atom stereocenters. The Morgan fingerprint density at radius 3 is 2.56 bits per heavy atom. The van der Waals surface area contributed by atoms with Gasteiger partial charge in [0.05, 0.1) is 11.8 Å². The van der Waals surface area contributed by atoms with Crippen LogP contribution in [0.3, 0.4) is 0 Å². The largest absolute Gasteiger partial charge is 0.349 e. The molecule has 0 radical (unpaired) electrons. The Bertz CT molecular complexity index is 939. The van der Waals surface area contributed by atoms with Crippen molar-refractivity contribution in [1.82, 2.24) is 20.1 Å². The fourth-order valence-corrected chi connectivity index (χ4v) is 3.85. The highest BCUT2D eigenvalue weighted by molar-refractivity contribution is 7.99. The van der Waals surface area contributed by atoms with Crippen molar-refractivity contribution < 1.29 is 4.79 Å². The highest BCUT2D eigenvalue weighted by atomic mass is 35.5. The van der Waals surface area contributed by atoms with Crippen LogP contribution in [0.2, 0.25) is 5.02 Å². The highest BCUT2D eigenvalue weighted by Gasteiger charge is 2.16. The number of carbonyl (C=O) groups excluding carboxylic acids is 1. The second kappa shape index (κ2) is 8.59. The molecule has 1 aromatic heterocycles. The first-order valence-electron chi connectivity index (χ1n) is 8.61. The number of amides is 1. The van der Waals surface area contributed by atoms with Gasteiger partial charge in [0.2, 0.25) is 5.91 Å². The summed E-state index contributed by atoms with van der Waals surface area (Å²) in [5, 5.41) is 12.7. The lowest BCUT2D eigenvalue weighted by atomic mass is 10.1. The van der Waals surface area contributed by atoms with Gasteiger partial charge in [0, 0.05) is 10.7 Å². The van der Waals surface area contributed by atoms with Gasteiger partial charge in [0.15, 0.2) is 5.16 Å². The summed E-state index contributed by atoms with van der Waals surface area (Å²) in [7, 11) is 0. The van der Waals surface area contributed by atoms with Crippen molar-refractivity contribution in [2.24, 2.45) is 0 Å². The normalized spacial score (nSPS) is 12.0. The van der Waals surface area contributed by atoms with Crippen LogP contribution in [0.4, 0.5) is 0 Å². The van der Waals surface area contributed by atoms with Gasteiger partial charge in [-0.3, -0.25) is 9.36 Å². The van der Waals surface area contributed by atoms with Crippen LogP contribution in [0.5, 0.6) is 0 Å². The molecule has 0 saturated heterocycles. The Morgan fingerprint density at radius 1 is 1.15 bits per heavy atom. The van der Waals surface area contributed by atoms with Crippen LogP contribution in [0.1, 0.15) is 29.9 Å². The number of nitrogens with zero attached hydrogens (tertiary/aromatic N) is 3. The lowest BCUT2D eigenvalue weighted by Gasteiger charge is -2.15. The van der Waals surface area contributed by atoms with E-state index in [1.54, 1.807) is 0 Å². The summed E-state index contributed by atoms with van der Waals surface area (Å²) in [5.41, 5.74) is 3.07. The van der Waals surface area contributed by atoms with Crippen molar-refractivity contribution in [2.75, 3.05) is 5.75 Å². The van der Waals surface area contributed by atoms with E-state index in [0.29, 0.717) is 10.2 Å². The number of hydrogen-bond acceptors (Lipinski definition) is 4. The van der Waals surface area contributed by atoms with E-state index in [9.17, 15) is 4.79 Å². The molecule has 0 aliphatic carbocycles. The molecular formula is C20H21ClN4OS. The van der Waals surface area contributed by atoms with Gasteiger partial charge >= 0.3 is 0 Å². The summed E-state index contributed by atoms with van der Waals surface area (Å²) < 4.78 is 1.95. The molecule has 0 aliphatic rings. The molecule has 0 bridgehead atoms. The summed E-state index contributed by atoms with van der Waals surface area (Å²) in [6, 6.07) is 15.5. The van der Waals surface area contributed by atoms with Crippen molar-refractivity contribution >= 4 is 29.3 Å². The minimum absolute atomic E-state index is 0.0801. The first kappa shape index (κ1) is 19.5. The van der Waals surface area contributed by atoms with Crippen LogP contribution >= 0.6 is 23.4 Å². The summed E-state index contributed by atoms with van der Waals surface area (Å²) in [4.78, 5) is 12.4. The smallest absolute Gasteiger partial charge is 0.230 e. The lowest BCUT2D eigenvalue weighted by molar-refractivity contribution is -0.119. The SMILES string of the molecule is Cc1ccc(-n2c(C)nnc2SCC(=O)N[C@@H](C)c2ccccc2Cl)cc1. The highest BCUT2D eigenvalue weighted by Crippen LogP contribution is 2.24. The number of hydrogen-bond donors (Lipinski definition) is 1. The predicted octanol–water partition coefficient (Wildman–Crippen LogP) is 4.51. The predicted molar refractivity (Wildman–Crippen MR) is 110 cm³/mol. The van der Waals surface area contributed by atoms with E-state index in [2.05, 4.69) is 15.5 Å². The maximum atomic E-state index is 12.4. The van der Waals surface area contributed by atoms with E-state index in [1.165, 1.54) is 17.3 Å². The molecule has 0 aliphatic heterocycles. The lowest BCUT2D eigenvalue weighted by Crippen LogP contribution is -2.28. The Kier molecular flexibility index (Phi) is 6.19. The molecule has 0 fully saturated rings. The van der Waals surface area contributed by atoms with Crippen LogP contribution in [-0.4, -0.2) is 26.4 Å². The molecule has 5 nitrogen and oxygen atoms in total. The summed E-state index contributed by atoms with van der Waals surface area (Å²) in [6.45, 7) is 5.86. The van der Waals surface area contributed by atoms with Gasteiger partial charge in [0.1, 0.15) is 5.82 Å². The maximum Gasteiger partial charge on any atom is 0.230 e. The number of aromatic nitrogens is 3. The van der Waals surface area contributed by atoms with Crippen LogP contribution in [0.25, 0.3) is 5.69 Å². The third kappa shape index (κ3) is 4.70. The second-order valence-electron chi connectivity index (χ2n) is 6.30. The van der Waals surface area contributed by atoms with Gasteiger partial charge in [-0.1, -0.05) is 59.3 Å². The molecule has 7 heteroatoms. The van der Waals surface area contributed by atoms with Crippen LogP contribution in [-0.2, 0) is 4.79 Å². The number of halogens is 1. The molecule has 3 rings (SSSR count). The number of benzene rings is 2. The van der Waals surface area contributed by atoms with Gasteiger partial charge in [-0.2, -0.15) is 0 Å². The van der Waals surface area contributed by atoms with E-state index in [-0.39, 0.29) is 17.7 Å². The van der Waals surface area contributed by atoms with Crippen molar-refractivity contribution in [3.8, 4) is 5.69 Å². The van der Waals surface area contributed by atoms with E-state index in [0.717, 1.165) is 17.1 Å².